The topological polar surface area (TPSA) is 66.8 Å². The van der Waals surface area contributed by atoms with Crippen molar-refractivity contribution >= 4 is 5.97 Å². The second-order valence-electron chi connectivity index (χ2n) is 6.66. The van der Waals surface area contributed by atoms with Crippen molar-refractivity contribution in [2.24, 2.45) is 23.7 Å². The number of carbonyl (C=O) groups is 1. The molecule has 0 spiro atoms. The molecule has 0 radical (unpaired) electrons. The number of hydrogen-bond acceptors (Lipinski definition) is 4. The Bertz CT molecular complexity index is 428. The normalized spacial score (nSPS) is 53.5. The van der Waals surface area contributed by atoms with E-state index in [0.717, 1.165) is 18.4 Å². The van der Waals surface area contributed by atoms with Crippen molar-refractivity contribution in [1.29, 1.82) is 0 Å². The summed E-state index contributed by atoms with van der Waals surface area (Å²) in [5, 5.41) is 20.8. The van der Waals surface area contributed by atoms with Gasteiger partial charge in [-0.3, -0.25) is 4.79 Å². The summed E-state index contributed by atoms with van der Waals surface area (Å²) in [5.74, 6) is -0.325. The molecule has 106 valence electrons. The van der Waals surface area contributed by atoms with E-state index < -0.39 is 11.7 Å². The molecule has 0 aromatic rings. The Hall–Kier alpha value is -0.870. The maximum absolute atomic E-state index is 11.8. The fourth-order valence-electron chi connectivity index (χ4n) is 4.32. The molecular weight excluding hydrogens is 244 g/mol. The van der Waals surface area contributed by atoms with Crippen LogP contribution in [0.25, 0.3) is 0 Å². The Balaban J connectivity index is 2.02. The molecule has 7 unspecified atom stereocenters. The van der Waals surface area contributed by atoms with Gasteiger partial charge in [0.05, 0.1) is 17.6 Å². The number of carbonyl (C=O) groups excluding carboxylic acids is 1. The van der Waals surface area contributed by atoms with Gasteiger partial charge in [0, 0.05) is 11.8 Å². The third kappa shape index (κ3) is 1.69. The van der Waals surface area contributed by atoms with Crippen LogP contribution >= 0.6 is 0 Å². The highest BCUT2D eigenvalue weighted by Gasteiger charge is 2.60. The summed E-state index contributed by atoms with van der Waals surface area (Å²) in [6.07, 6.45) is 1.21. The summed E-state index contributed by atoms with van der Waals surface area (Å²) in [5.41, 5.74) is -0.120. The second kappa shape index (κ2) is 4.06. The van der Waals surface area contributed by atoms with Crippen molar-refractivity contribution in [1.82, 2.24) is 0 Å². The molecule has 1 aliphatic heterocycles. The van der Waals surface area contributed by atoms with Gasteiger partial charge in [-0.05, 0) is 32.1 Å². The largest absolute Gasteiger partial charge is 0.461 e. The average Bonchev–Trinajstić information content (AvgIpc) is 2.67. The second-order valence-corrected chi connectivity index (χ2v) is 6.66. The highest BCUT2D eigenvalue weighted by atomic mass is 16.6. The minimum atomic E-state index is -1.20. The molecule has 4 heteroatoms. The highest BCUT2D eigenvalue weighted by molar-refractivity contribution is 5.75. The molecule has 4 nitrogen and oxygen atoms in total. The van der Waals surface area contributed by atoms with Crippen LogP contribution in [0.1, 0.15) is 33.1 Å². The molecule has 7 atom stereocenters. The van der Waals surface area contributed by atoms with Crippen LogP contribution in [-0.4, -0.2) is 34.0 Å². The highest BCUT2D eigenvalue weighted by Crippen LogP contribution is 2.54. The van der Waals surface area contributed by atoms with Crippen molar-refractivity contribution in [3.63, 3.8) is 0 Å². The molecule has 2 aliphatic carbocycles. The van der Waals surface area contributed by atoms with E-state index >= 15 is 0 Å². The average molecular weight is 266 g/mol. The molecule has 1 heterocycles. The number of esters is 1. The number of allylic oxidation sites excluding steroid dienone is 1. The standard InChI is InChI=1S/C15H22O4/c1-7-4-5-9-8(2)14(17)19-13(9)12-10(7)6-11(16)15(12,3)18/h8-13,16,18H,1,4-6H2,2-3H3. The molecule has 0 aromatic heterocycles. The Kier molecular flexibility index (Phi) is 2.81. The predicted octanol–water partition coefficient (Wildman–Crippen LogP) is 1.26. The van der Waals surface area contributed by atoms with Crippen LogP contribution in [-0.2, 0) is 9.53 Å². The minimum Gasteiger partial charge on any atom is -0.461 e. The predicted molar refractivity (Wildman–Crippen MR) is 69.1 cm³/mol. The first-order chi connectivity index (χ1) is 8.84. The van der Waals surface area contributed by atoms with Crippen LogP contribution in [0.2, 0.25) is 0 Å². The quantitative estimate of drug-likeness (QED) is 0.512. The Morgan fingerprint density at radius 1 is 1.47 bits per heavy atom. The van der Waals surface area contributed by atoms with Crippen molar-refractivity contribution in [3.05, 3.63) is 12.2 Å². The van der Waals surface area contributed by atoms with E-state index in [1.54, 1.807) is 6.92 Å². The zero-order chi connectivity index (χ0) is 13.9. The van der Waals surface area contributed by atoms with Gasteiger partial charge in [0.2, 0.25) is 0 Å². The maximum atomic E-state index is 11.8. The number of aliphatic hydroxyl groups is 2. The summed E-state index contributed by atoms with van der Waals surface area (Å²) >= 11 is 0. The van der Waals surface area contributed by atoms with Crippen molar-refractivity contribution in [3.8, 4) is 0 Å². The van der Waals surface area contributed by atoms with Gasteiger partial charge in [-0.15, -0.1) is 0 Å². The van der Waals surface area contributed by atoms with E-state index in [0.29, 0.717) is 6.42 Å². The van der Waals surface area contributed by atoms with Crippen LogP contribution in [0.15, 0.2) is 12.2 Å². The monoisotopic (exact) mass is 266 g/mol. The summed E-state index contributed by atoms with van der Waals surface area (Å²) in [7, 11) is 0. The lowest BCUT2D eigenvalue weighted by Crippen LogP contribution is -2.47. The molecule has 3 aliphatic rings. The van der Waals surface area contributed by atoms with Crippen LogP contribution < -0.4 is 0 Å². The third-order valence-electron chi connectivity index (χ3n) is 5.63. The van der Waals surface area contributed by atoms with Gasteiger partial charge < -0.3 is 14.9 Å². The Morgan fingerprint density at radius 2 is 2.16 bits per heavy atom. The van der Waals surface area contributed by atoms with Crippen LogP contribution in [0, 0.1) is 23.7 Å². The maximum Gasteiger partial charge on any atom is 0.309 e. The number of aliphatic hydroxyl groups excluding tert-OH is 1. The molecule has 2 saturated carbocycles. The molecule has 3 rings (SSSR count). The molecule has 0 amide bonds. The van der Waals surface area contributed by atoms with Crippen molar-refractivity contribution in [2.75, 3.05) is 0 Å². The third-order valence-corrected chi connectivity index (χ3v) is 5.63. The van der Waals surface area contributed by atoms with Gasteiger partial charge in [0.1, 0.15) is 6.10 Å². The van der Waals surface area contributed by atoms with E-state index in [2.05, 4.69) is 6.58 Å². The Labute approximate surface area is 113 Å². The minimum absolute atomic E-state index is 0.0538. The number of fused-ring (bicyclic) bond motifs is 3. The summed E-state index contributed by atoms with van der Waals surface area (Å²) in [6.45, 7) is 7.69. The first-order valence-corrected chi connectivity index (χ1v) is 7.12. The number of ether oxygens (including phenoxy) is 1. The molecule has 0 bridgehead atoms. The zero-order valence-electron chi connectivity index (χ0n) is 11.5. The molecule has 19 heavy (non-hydrogen) atoms. The molecule has 2 N–H and O–H groups in total. The fraction of sp³-hybridized carbons (Fsp3) is 0.800. The fourth-order valence-corrected chi connectivity index (χ4v) is 4.32. The number of rotatable bonds is 0. The van der Waals surface area contributed by atoms with E-state index in [-0.39, 0.29) is 35.7 Å². The van der Waals surface area contributed by atoms with Gasteiger partial charge in [0.15, 0.2) is 0 Å². The summed E-state index contributed by atoms with van der Waals surface area (Å²) < 4.78 is 5.55. The van der Waals surface area contributed by atoms with E-state index in [1.807, 2.05) is 6.92 Å². The van der Waals surface area contributed by atoms with E-state index in [9.17, 15) is 15.0 Å². The van der Waals surface area contributed by atoms with E-state index in [1.165, 1.54) is 0 Å². The Morgan fingerprint density at radius 3 is 2.84 bits per heavy atom. The summed E-state index contributed by atoms with van der Waals surface area (Å²) in [4.78, 5) is 11.8. The lowest BCUT2D eigenvalue weighted by Gasteiger charge is -2.35. The van der Waals surface area contributed by atoms with Gasteiger partial charge in [0.25, 0.3) is 0 Å². The van der Waals surface area contributed by atoms with Gasteiger partial charge in [-0.25, -0.2) is 0 Å². The first kappa shape index (κ1) is 13.1. The molecule has 3 fully saturated rings. The number of hydrogen-bond donors (Lipinski definition) is 2. The van der Waals surface area contributed by atoms with Gasteiger partial charge in [-0.1, -0.05) is 19.1 Å². The lowest BCUT2D eigenvalue weighted by molar-refractivity contribution is -0.152. The van der Waals surface area contributed by atoms with Crippen LogP contribution in [0.5, 0.6) is 0 Å². The van der Waals surface area contributed by atoms with Gasteiger partial charge >= 0.3 is 5.97 Å². The summed E-state index contributed by atoms with van der Waals surface area (Å²) in [6, 6.07) is 0. The lowest BCUT2D eigenvalue weighted by atomic mass is 9.76. The zero-order valence-corrected chi connectivity index (χ0v) is 11.5. The van der Waals surface area contributed by atoms with Crippen molar-refractivity contribution in [2.45, 2.75) is 50.9 Å². The van der Waals surface area contributed by atoms with Crippen molar-refractivity contribution < 1.29 is 19.7 Å². The molecule has 0 aromatic carbocycles. The SMILES string of the molecule is C=C1CCC2C(C)C(=O)OC2C2C1CC(O)C2(C)O. The van der Waals surface area contributed by atoms with E-state index in [4.69, 9.17) is 4.74 Å². The van der Waals surface area contributed by atoms with Crippen LogP contribution in [0.4, 0.5) is 0 Å². The molecule has 1 saturated heterocycles. The molecular formula is C15H22O4. The van der Waals surface area contributed by atoms with Gasteiger partial charge in [-0.2, -0.15) is 0 Å². The van der Waals surface area contributed by atoms with Crippen LogP contribution in [0.3, 0.4) is 0 Å². The smallest absolute Gasteiger partial charge is 0.309 e. The first-order valence-electron chi connectivity index (χ1n) is 7.12.